The smallest absolute Gasteiger partial charge is 0.239 e. The van der Waals surface area contributed by atoms with Crippen LogP contribution in [-0.4, -0.2) is 36.2 Å². The van der Waals surface area contributed by atoms with Crippen LogP contribution >= 0.6 is 15.9 Å². The summed E-state index contributed by atoms with van der Waals surface area (Å²) in [5, 5.41) is 0.790. The van der Waals surface area contributed by atoms with Gasteiger partial charge in [0.25, 0.3) is 0 Å². The monoisotopic (exact) mass is 385 g/mol. The van der Waals surface area contributed by atoms with Crippen LogP contribution in [0.25, 0.3) is 10.9 Å². The molecule has 2 aromatic rings. The Balaban J connectivity index is 2.33. The summed E-state index contributed by atoms with van der Waals surface area (Å²) >= 11 is 3.38. The standard InChI is InChI=1S/C16H18BrF2N3O/c1-22(2)8-12(20)16(23)14-6-10-5-9(3-4-15(18)19)11(17)7-13(10)21-14/h5-8,15,21H,3-4,20H2,1-2H3/b12-8-. The van der Waals surface area contributed by atoms with E-state index in [1.54, 1.807) is 37.2 Å². The van der Waals surface area contributed by atoms with Gasteiger partial charge in [-0.25, -0.2) is 8.78 Å². The minimum atomic E-state index is -2.34. The zero-order valence-electron chi connectivity index (χ0n) is 12.9. The molecule has 3 N–H and O–H groups in total. The van der Waals surface area contributed by atoms with Crippen LogP contribution in [0, 0.1) is 0 Å². The molecule has 0 amide bonds. The van der Waals surface area contributed by atoms with Crippen LogP contribution in [0.5, 0.6) is 0 Å². The normalized spacial score (nSPS) is 12.2. The lowest BCUT2D eigenvalue weighted by Crippen LogP contribution is -2.16. The van der Waals surface area contributed by atoms with E-state index in [4.69, 9.17) is 5.73 Å². The van der Waals surface area contributed by atoms with Gasteiger partial charge in [-0.15, -0.1) is 0 Å². The average molecular weight is 386 g/mol. The molecule has 7 heteroatoms. The first-order valence-corrected chi connectivity index (χ1v) is 7.85. The number of alkyl halides is 2. The van der Waals surface area contributed by atoms with E-state index in [-0.39, 0.29) is 24.3 Å². The van der Waals surface area contributed by atoms with Gasteiger partial charge in [0.2, 0.25) is 12.2 Å². The number of ketones is 1. The molecule has 0 saturated heterocycles. The van der Waals surface area contributed by atoms with Crippen molar-refractivity contribution in [3.63, 3.8) is 0 Å². The zero-order valence-corrected chi connectivity index (χ0v) is 14.5. The molecule has 0 atom stereocenters. The van der Waals surface area contributed by atoms with Gasteiger partial charge in [0.15, 0.2) is 0 Å². The number of allylic oxidation sites excluding steroid dienone is 1. The Morgan fingerprint density at radius 2 is 2.09 bits per heavy atom. The number of hydrogen-bond acceptors (Lipinski definition) is 3. The highest BCUT2D eigenvalue weighted by atomic mass is 79.9. The van der Waals surface area contributed by atoms with E-state index < -0.39 is 6.43 Å². The summed E-state index contributed by atoms with van der Waals surface area (Å²) in [7, 11) is 3.55. The fraction of sp³-hybridized carbons (Fsp3) is 0.312. The first kappa shape index (κ1) is 17.5. The predicted octanol–water partition coefficient (Wildman–Crippen LogP) is 3.67. The molecule has 0 aliphatic heterocycles. The largest absolute Gasteiger partial charge is 0.394 e. The van der Waals surface area contributed by atoms with E-state index in [0.717, 1.165) is 20.9 Å². The van der Waals surface area contributed by atoms with E-state index in [1.807, 2.05) is 0 Å². The fourth-order valence-electron chi connectivity index (χ4n) is 2.27. The number of carbonyl (C=O) groups excluding carboxylic acids is 1. The number of H-pyrrole nitrogens is 1. The van der Waals surface area contributed by atoms with Crippen molar-refractivity contribution in [1.82, 2.24) is 9.88 Å². The Bertz CT molecular complexity index is 753. The van der Waals surface area contributed by atoms with E-state index in [1.165, 1.54) is 6.20 Å². The highest BCUT2D eigenvalue weighted by Gasteiger charge is 2.14. The van der Waals surface area contributed by atoms with Crippen LogP contribution in [0.15, 0.2) is 34.6 Å². The predicted molar refractivity (Wildman–Crippen MR) is 90.6 cm³/mol. The lowest BCUT2D eigenvalue weighted by Gasteiger charge is -2.06. The number of benzene rings is 1. The second-order valence-electron chi connectivity index (χ2n) is 5.52. The summed E-state index contributed by atoms with van der Waals surface area (Å²) in [6, 6.07) is 5.28. The molecule has 0 bridgehead atoms. The van der Waals surface area contributed by atoms with Gasteiger partial charge in [-0.1, -0.05) is 15.9 Å². The lowest BCUT2D eigenvalue weighted by atomic mass is 10.1. The second kappa shape index (κ2) is 7.12. The quantitative estimate of drug-likeness (QED) is 0.588. The first-order chi connectivity index (χ1) is 10.8. The van der Waals surface area contributed by atoms with Gasteiger partial charge in [-0.05, 0) is 30.2 Å². The molecule has 0 aliphatic rings. The minimum absolute atomic E-state index is 0.124. The highest BCUT2D eigenvalue weighted by molar-refractivity contribution is 9.10. The van der Waals surface area contributed by atoms with Crippen LogP contribution in [0.3, 0.4) is 0 Å². The number of aromatic amines is 1. The lowest BCUT2D eigenvalue weighted by molar-refractivity contribution is 0.102. The molecule has 2 rings (SSSR count). The maximum atomic E-state index is 12.4. The van der Waals surface area contributed by atoms with Crippen LogP contribution in [0.2, 0.25) is 0 Å². The van der Waals surface area contributed by atoms with Gasteiger partial charge in [0, 0.05) is 42.1 Å². The summed E-state index contributed by atoms with van der Waals surface area (Å²) in [5.41, 5.74) is 7.80. The number of halogens is 3. The third-order valence-corrected chi connectivity index (χ3v) is 4.06. The van der Waals surface area contributed by atoms with Crippen LogP contribution in [0.1, 0.15) is 22.5 Å². The maximum absolute atomic E-state index is 12.4. The Morgan fingerprint density at radius 3 is 2.70 bits per heavy atom. The number of aryl methyl sites for hydroxylation is 1. The van der Waals surface area contributed by atoms with Crippen LogP contribution < -0.4 is 5.73 Å². The minimum Gasteiger partial charge on any atom is -0.394 e. The van der Waals surface area contributed by atoms with Gasteiger partial charge in [-0.2, -0.15) is 0 Å². The molecule has 124 valence electrons. The topological polar surface area (TPSA) is 62.1 Å². The van der Waals surface area contributed by atoms with Crippen molar-refractivity contribution in [3.05, 3.63) is 45.8 Å². The van der Waals surface area contributed by atoms with E-state index >= 15 is 0 Å². The SMILES string of the molecule is CN(C)/C=C(\N)C(=O)c1cc2cc(CCC(F)F)c(Br)cc2[nH]1. The van der Waals surface area contributed by atoms with Crippen LogP contribution in [-0.2, 0) is 6.42 Å². The van der Waals surface area contributed by atoms with Gasteiger partial charge < -0.3 is 15.6 Å². The summed E-state index contributed by atoms with van der Waals surface area (Å²) in [5.74, 6) is -0.305. The number of nitrogens with one attached hydrogen (secondary N) is 1. The Labute approximate surface area is 141 Å². The Morgan fingerprint density at radius 1 is 1.39 bits per heavy atom. The van der Waals surface area contributed by atoms with E-state index in [2.05, 4.69) is 20.9 Å². The summed E-state index contributed by atoms with van der Waals surface area (Å²) < 4.78 is 25.5. The molecule has 0 spiro atoms. The number of fused-ring (bicyclic) bond motifs is 1. The second-order valence-corrected chi connectivity index (χ2v) is 6.38. The van der Waals surface area contributed by atoms with E-state index in [0.29, 0.717) is 5.69 Å². The van der Waals surface area contributed by atoms with E-state index in [9.17, 15) is 13.6 Å². The summed E-state index contributed by atoms with van der Waals surface area (Å²) in [6.07, 6.45) is -0.723. The van der Waals surface area contributed by atoms with Crippen molar-refractivity contribution < 1.29 is 13.6 Å². The number of hydrogen-bond donors (Lipinski definition) is 2. The Hall–Kier alpha value is -1.89. The van der Waals surface area contributed by atoms with Crippen molar-refractivity contribution in [2.75, 3.05) is 14.1 Å². The zero-order chi connectivity index (χ0) is 17.1. The third kappa shape index (κ3) is 4.31. The number of nitrogens with two attached hydrogens (primary N) is 1. The molecule has 1 aromatic carbocycles. The molecule has 0 radical (unpaired) electrons. The van der Waals surface area contributed by atoms with Crippen molar-refractivity contribution in [1.29, 1.82) is 0 Å². The summed E-state index contributed by atoms with van der Waals surface area (Å²) in [6.45, 7) is 0. The van der Waals surface area contributed by atoms with Gasteiger partial charge in [0.05, 0.1) is 11.4 Å². The van der Waals surface area contributed by atoms with Crippen molar-refractivity contribution in [2.45, 2.75) is 19.3 Å². The molecule has 4 nitrogen and oxygen atoms in total. The highest BCUT2D eigenvalue weighted by Crippen LogP contribution is 2.27. The first-order valence-electron chi connectivity index (χ1n) is 7.05. The summed E-state index contributed by atoms with van der Waals surface area (Å²) in [4.78, 5) is 17.0. The molecular formula is C16H18BrF2N3O. The average Bonchev–Trinajstić information content (AvgIpc) is 2.85. The van der Waals surface area contributed by atoms with Gasteiger partial charge >= 0.3 is 0 Å². The molecule has 23 heavy (non-hydrogen) atoms. The molecule has 0 unspecified atom stereocenters. The number of aromatic nitrogens is 1. The van der Waals surface area contributed by atoms with Gasteiger partial charge in [-0.3, -0.25) is 4.79 Å². The number of carbonyl (C=O) groups is 1. The molecule has 1 heterocycles. The number of nitrogens with zero attached hydrogens (tertiary/aromatic N) is 1. The third-order valence-electron chi connectivity index (χ3n) is 3.32. The molecule has 0 aliphatic carbocycles. The maximum Gasteiger partial charge on any atom is 0.239 e. The molecular weight excluding hydrogens is 368 g/mol. The molecule has 0 fully saturated rings. The van der Waals surface area contributed by atoms with Gasteiger partial charge in [0.1, 0.15) is 0 Å². The van der Waals surface area contributed by atoms with Crippen molar-refractivity contribution in [3.8, 4) is 0 Å². The van der Waals surface area contributed by atoms with Crippen molar-refractivity contribution >= 4 is 32.6 Å². The fourth-order valence-corrected chi connectivity index (χ4v) is 2.81. The van der Waals surface area contributed by atoms with Crippen LogP contribution in [0.4, 0.5) is 8.78 Å². The number of rotatable bonds is 6. The number of Topliss-reactive ketones (excluding diaryl/α,β-unsaturated/α-hetero) is 1. The molecule has 0 saturated carbocycles. The Kier molecular flexibility index (Phi) is 5.41. The van der Waals surface area contributed by atoms with Crippen molar-refractivity contribution in [2.24, 2.45) is 5.73 Å². The molecule has 1 aromatic heterocycles.